The van der Waals surface area contributed by atoms with Crippen molar-refractivity contribution in [2.75, 3.05) is 0 Å². The quantitative estimate of drug-likeness (QED) is 0.560. The summed E-state index contributed by atoms with van der Waals surface area (Å²) in [6.45, 7) is 1.50. The largest absolute Gasteiger partial charge is 0.390 e. The van der Waals surface area contributed by atoms with Crippen LogP contribution in [0.15, 0.2) is 46.9 Å². The van der Waals surface area contributed by atoms with Gasteiger partial charge in [-0.05, 0) is 83.3 Å². The smallest absolute Gasteiger partial charge is 0.316 e. The zero-order chi connectivity index (χ0) is 22.3. The normalized spacial score (nSPS) is 27.7. The molecule has 1 unspecified atom stereocenters. The van der Waals surface area contributed by atoms with E-state index in [4.69, 9.17) is 0 Å². The zero-order valence-corrected chi connectivity index (χ0v) is 19.6. The van der Waals surface area contributed by atoms with Crippen LogP contribution in [0.5, 0.6) is 0 Å². The summed E-state index contributed by atoms with van der Waals surface area (Å²) < 4.78 is 14.6. The van der Waals surface area contributed by atoms with Gasteiger partial charge in [-0.3, -0.25) is 4.90 Å². The molecule has 3 fully saturated rings. The van der Waals surface area contributed by atoms with E-state index in [-0.39, 0.29) is 23.6 Å². The fourth-order valence-electron chi connectivity index (χ4n) is 5.52. The topological polar surface area (TPSA) is 64.6 Å². The molecule has 5 nitrogen and oxygen atoms in total. The fourth-order valence-corrected chi connectivity index (χ4v) is 5.77. The van der Waals surface area contributed by atoms with Gasteiger partial charge in [0.2, 0.25) is 0 Å². The summed E-state index contributed by atoms with van der Waals surface area (Å²) in [5, 5.41) is 16.9. The first-order chi connectivity index (χ1) is 15.3. The summed E-state index contributed by atoms with van der Waals surface area (Å²) >= 11 is 3.22. The Morgan fingerprint density at radius 1 is 1.06 bits per heavy atom. The first kappa shape index (κ1) is 21.9. The highest BCUT2D eigenvalue weighted by Crippen LogP contribution is 2.46. The highest BCUT2D eigenvalue weighted by Gasteiger charge is 2.48. The molecule has 1 atom stereocenters. The monoisotopic (exact) mass is 501 g/mol. The van der Waals surface area contributed by atoms with Crippen LogP contribution in [0.4, 0.5) is 9.18 Å². The molecule has 2 amide bonds. The molecule has 3 saturated carbocycles. The number of nitrogens with zero attached hydrogens (tertiary/aromatic N) is 1. The first-order valence-electron chi connectivity index (χ1n) is 11.4. The summed E-state index contributed by atoms with van der Waals surface area (Å²) in [5.74, 6) is -0.300. The van der Waals surface area contributed by atoms with Crippen LogP contribution in [-0.2, 0) is 19.5 Å². The van der Waals surface area contributed by atoms with Crippen molar-refractivity contribution in [3.8, 4) is 0 Å². The Bertz CT molecular complexity index is 980. The average Bonchev–Trinajstić information content (AvgIpc) is 3.21. The molecule has 6 rings (SSSR count). The molecular formula is C25H29BrFN3O2. The second-order valence-electron chi connectivity index (χ2n) is 9.75. The Balaban J connectivity index is 1.31. The van der Waals surface area contributed by atoms with Crippen molar-refractivity contribution in [2.24, 2.45) is 0 Å². The maximum absolute atomic E-state index is 14.1. The van der Waals surface area contributed by atoms with Gasteiger partial charge in [0, 0.05) is 25.0 Å². The first-order valence-corrected chi connectivity index (χ1v) is 12.2. The molecule has 2 aromatic rings. The number of carbonyl (C=O) groups is 1. The molecule has 4 aliphatic rings. The standard InChI is InChI=1S/C25H29BrFN3O2/c26-20-6-5-17(13-21(20)27)14-22(30-15-18-3-1-2-4-19(18)16-30)28-23(31)29-24-7-10-25(32,11-8-24)12-9-24/h1-6,13,22,32H,7-12,14-16H2,(H2,28,29,31). The molecule has 1 heterocycles. The lowest BCUT2D eigenvalue weighted by molar-refractivity contribution is -0.0695. The molecule has 0 aromatic heterocycles. The Kier molecular flexibility index (Phi) is 5.76. The molecule has 32 heavy (non-hydrogen) atoms. The minimum Gasteiger partial charge on any atom is -0.390 e. The summed E-state index contributed by atoms with van der Waals surface area (Å²) in [7, 11) is 0. The van der Waals surface area contributed by atoms with Crippen molar-refractivity contribution in [2.45, 2.75) is 75.3 Å². The van der Waals surface area contributed by atoms with Gasteiger partial charge in [-0.25, -0.2) is 9.18 Å². The Labute approximate surface area is 196 Å². The second-order valence-corrected chi connectivity index (χ2v) is 10.6. The maximum atomic E-state index is 14.1. The third-order valence-electron chi connectivity index (χ3n) is 7.60. The van der Waals surface area contributed by atoms with Crippen LogP contribution < -0.4 is 10.6 Å². The van der Waals surface area contributed by atoms with Gasteiger partial charge in [0.1, 0.15) is 5.82 Å². The second kappa shape index (κ2) is 8.43. The number of aliphatic hydroxyl groups is 1. The van der Waals surface area contributed by atoms with Gasteiger partial charge in [0.15, 0.2) is 0 Å². The van der Waals surface area contributed by atoms with Crippen molar-refractivity contribution >= 4 is 22.0 Å². The van der Waals surface area contributed by atoms with Crippen LogP contribution >= 0.6 is 15.9 Å². The minimum absolute atomic E-state index is 0.184. The van der Waals surface area contributed by atoms with Gasteiger partial charge >= 0.3 is 6.03 Å². The molecule has 0 spiro atoms. The molecule has 0 radical (unpaired) electrons. The highest BCUT2D eigenvalue weighted by molar-refractivity contribution is 9.10. The predicted molar refractivity (Wildman–Crippen MR) is 124 cm³/mol. The fraction of sp³-hybridized carbons (Fsp3) is 0.480. The van der Waals surface area contributed by atoms with Gasteiger partial charge in [0.05, 0.1) is 16.2 Å². The van der Waals surface area contributed by atoms with E-state index in [0.29, 0.717) is 10.9 Å². The number of amides is 2. The summed E-state index contributed by atoms with van der Waals surface area (Å²) in [5.41, 5.74) is 2.61. The Hall–Kier alpha value is -1.96. The van der Waals surface area contributed by atoms with Gasteiger partial charge in [-0.1, -0.05) is 30.3 Å². The maximum Gasteiger partial charge on any atom is 0.316 e. The summed E-state index contributed by atoms with van der Waals surface area (Å²) in [6, 6.07) is 13.3. The molecule has 3 N–H and O–H groups in total. The molecule has 2 bridgehead atoms. The van der Waals surface area contributed by atoms with Gasteiger partial charge in [-0.15, -0.1) is 0 Å². The molecule has 1 aliphatic heterocycles. The number of urea groups is 1. The lowest BCUT2D eigenvalue weighted by Crippen LogP contribution is -2.62. The summed E-state index contributed by atoms with van der Waals surface area (Å²) in [6.07, 6.45) is 4.93. The van der Waals surface area contributed by atoms with E-state index in [1.165, 1.54) is 17.2 Å². The van der Waals surface area contributed by atoms with E-state index < -0.39 is 5.60 Å². The lowest BCUT2D eigenvalue weighted by Gasteiger charge is -2.51. The average molecular weight is 502 g/mol. The van der Waals surface area contributed by atoms with E-state index in [2.05, 4.69) is 43.6 Å². The molecule has 0 saturated heterocycles. The van der Waals surface area contributed by atoms with Gasteiger partial charge in [0.25, 0.3) is 0 Å². The minimum atomic E-state index is -0.532. The van der Waals surface area contributed by atoms with E-state index in [1.807, 2.05) is 18.2 Å². The number of hydrogen-bond donors (Lipinski definition) is 3. The van der Waals surface area contributed by atoms with Crippen molar-refractivity contribution in [3.05, 3.63) is 69.4 Å². The van der Waals surface area contributed by atoms with E-state index in [0.717, 1.165) is 57.2 Å². The van der Waals surface area contributed by atoms with Crippen LogP contribution in [0.3, 0.4) is 0 Å². The van der Waals surface area contributed by atoms with E-state index >= 15 is 0 Å². The van der Waals surface area contributed by atoms with Gasteiger partial charge in [-0.2, -0.15) is 0 Å². The molecular weight excluding hydrogens is 473 g/mol. The van der Waals surface area contributed by atoms with Crippen LogP contribution in [0.25, 0.3) is 0 Å². The van der Waals surface area contributed by atoms with Crippen LogP contribution in [0.1, 0.15) is 55.2 Å². The number of rotatable bonds is 5. The molecule has 7 heteroatoms. The van der Waals surface area contributed by atoms with Crippen molar-refractivity contribution in [3.63, 3.8) is 0 Å². The van der Waals surface area contributed by atoms with Crippen molar-refractivity contribution in [1.82, 2.24) is 15.5 Å². The number of benzene rings is 2. The number of nitrogens with one attached hydrogen (secondary N) is 2. The highest BCUT2D eigenvalue weighted by atomic mass is 79.9. The van der Waals surface area contributed by atoms with E-state index in [1.54, 1.807) is 6.07 Å². The Morgan fingerprint density at radius 3 is 2.28 bits per heavy atom. The molecule has 2 aromatic carbocycles. The van der Waals surface area contributed by atoms with Crippen LogP contribution in [0.2, 0.25) is 0 Å². The number of fused-ring (bicyclic) bond motifs is 4. The molecule has 3 aliphatic carbocycles. The third kappa shape index (κ3) is 4.43. The molecule has 170 valence electrons. The Morgan fingerprint density at radius 2 is 1.69 bits per heavy atom. The SMILES string of the molecule is O=C(NC(Cc1ccc(Br)c(F)c1)N1Cc2ccccc2C1)NC12CCC(O)(CC1)CC2. The van der Waals surface area contributed by atoms with Crippen LogP contribution in [0, 0.1) is 5.82 Å². The van der Waals surface area contributed by atoms with Crippen molar-refractivity contribution < 1.29 is 14.3 Å². The zero-order valence-electron chi connectivity index (χ0n) is 18.0. The predicted octanol–water partition coefficient (Wildman–Crippen LogP) is 4.61. The number of hydrogen-bond acceptors (Lipinski definition) is 3. The summed E-state index contributed by atoms with van der Waals surface area (Å²) in [4.78, 5) is 15.4. The third-order valence-corrected chi connectivity index (χ3v) is 8.25. The number of halogens is 2. The van der Waals surface area contributed by atoms with E-state index in [9.17, 15) is 14.3 Å². The van der Waals surface area contributed by atoms with Gasteiger partial charge < -0.3 is 15.7 Å². The number of carbonyl (C=O) groups excluding carboxylic acids is 1. The van der Waals surface area contributed by atoms with Crippen LogP contribution in [-0.4, -0.2) is 33.3 Å². The van der Waals surface area contributed by atoms with Crippen molar-refractivity contribution in [1.29, 1.82) is 0 Å². The lowest BCUT2D eigenvalue weighted by atomic mass is 9.63.